The van der Waals surface area contributed by atoms with Crippen LogP contribution in [0, 0.1) is 11.3 Å². The molecule has 1 fully saturated rings. The summed E-state index contributed by atoms with van der Waals surface area (Å²) in [7, 11) is 0. The smallest absolute Gasteiger partial charge is 0.329 e. The second-order valence-electron chi connectivity index (χ2n) is 7.69. The Morgan fingerprint density at radius 3 is 2.54 bits per heavy atom. The molecule has 1 aliphatic rings. The number of halogens is 1. The fraction of sp³-hybridized carbons (Fsp3) is 0.148. The summed E-state index contributed by atoms with van der Waals surface area (Å²) in [6.45, 7) is 2.50. The number of benzene rings is 3. The minimum absolute atomic E-state index is 0.132. The maximum Gasteiger partial charge on any atom is 0.329 e. The number of amides is 3. The number of hydrogen-bond acceptors (Lipinski definition) is 5. The van der Waals surface area contributed by atoms with Crippen molar-refractivity contribution in [3.8, 4) is 17.6 Å². The van der Waals surface area contributed by atoms with E-state index in [0.717, 1.165) is 16.0 Å². The average Bonchev–Trinajstić information content (AvgIpc) is 3.12. The van der Waals surface area contributed by atoms with Gasteiger partial charge in [0.25, 0.3) is 5.91 Å². The van der Waals surface area contributed by atoms with Crippen molar-refractivity contribution in [2.24, 2.45) is 0 Å². The molecular weight excluding hydrogens is 466 g/mol. The lowest BCUT2D eigenvalue weighted by Gasteiger charge is -2.15. The predicted octanol–water partition coefficient (Wildman–Crippen LogP) is 5.28. The van der Waals surface area contributed by atoms with Crippen LogP contribution in [0.1, 0.15) is 29.2 Å². The van der Waals surface area contributed by atoms with Gasteiger partial charge in [-0.25, -0.2) is 4.79 Å². The van der Waals surface area contributed by atoms with E-state index in [2.05, 4.69) is 11.4 Å². The quantitative estimate of drug-likeness (QED) is 0.344. The molecule has 0 atom stereocenters. The summed E-state index contributed by atoms with van der Waals surface area (Å²) in [4.78, 5) is 26.4. The van der Waals surface area contributed by atoms with Crippen LogP contribution in [0.2, 0.25) is 5.02 Å². The molecule has 0 radical (unpaired) electrons. The molecule has 3 aromatic carbocycles. The van der Waals surface area contributed by atoms with Crippen LogP contribution in [0.15, 0.2) is 72.4 Å². The van der Waals surface area contributed by atoms with Crippen molar-refractivity contribution < 1.29 is 19.1 Å². The van der Waals surface area contributed by atoms with Crippen molar-refractivity contribution in [3.05, 3.63) is 99.7 Å². The summed E-state index contributed by atoms with van der Waals surface area (Å²) in [5, 5.41) is 12.2. The fourth-order valence-corrected chi connectivity index (χ4v) is 3.90. The molecule has 1 heterocycles. The molecule has 0 aliphatic carbocycles. The second kappa shape index (κ2) is 10.8. The van der Waals surface area contributed by atoms with Gasteiger partial charge >= 0.3 is 6.03 Å². The summed E-state index contributed by atoms with van der Waals surface area (Å²) in [5.74, 6) is 0.288. The fourth-order valence-electron chi connectivity index (χ4n) is 3.63. The Kier molecular flexibility index (Phi) is 7.34. The van der Waals surface area contributed by atoms with Gasteiger partial charge in [0, 0.05) is 5.56 Å². The molecule has 7 nitrogen and oxygen atoms in total. The zero-order valence-electron chi connectivity index (χ0n) is 19.0. The molecule has 0 unspecified atom stereocenters. The third-order valence-electron chi connectivity index (χ3n) is 5.30. The number of hydrogen-bond donors (Lipinski definition) is 1. The lowest BCUT2D eigenvalue weighted by atomic mass is 10.1. The van der Waals surface area contributed by atoms with Crippen LogP contribution in [0.3, 0.4) is 0 Å². The number of carbonyl (C=O) groups excluding carboxylic acids is 2. The van der Waals surface area contributed by atoms with Gasteiger partial charge in [-0.2, -0.15) is 5.26 Å². The number of carbonyl (C=O) groups is 2. The Hall–Kier alpha value is -4.28. The zero-order chi connectivity index (χ0) is 24.8. The van der Waals surface area contributed by atoms with Crippen molar-refractivity contribution in [2.45, 2.75) is 20.1 Å². The standard InChI is InChI=1S/C27H22ClN3O4/c1-2-34-24-14-19(12-22(28)25(24)35-17-21-11-7-6-10-20(21)15-29)13-23-26(32)31(27(33)30-23)16-18-8-4-3-5-9-18/h3-14H,2,16-17H2,1H3,(H,30,33)/b23-13+. The van der Waals surface area contributed by atoms with Gasteiger partial charge in [-0.05, 0) is 42.3 Å². The number of imide groups is 1. The van der Waals surface area contributed by atoms with Gasteiger partial charge in [0.15, 0.2) is 11.5 Å². The molecule has 3 aromatic rings. The van der Waals surface area contributed by atoms with E-state index in [-0.39, 0.29) is 23.9 Å². The molecular formula is C27H22ClN3O4. The minimum atomic E-state index is -0.489. The topological polar surface area (TPSA) is 91.7 Å². The van der Waals surface area contributed by atoms with E-state index in [1.54, 1.807) is 36.4 Å². The molecule has 0 saturated carbocycles. The molecule has 8 heteroatoms. The zero-order valence-corrected chi connectivity index (χ0v) is 19.7. The first-order valence-electron chi connectivity index (χ1n) is 11.0. The van der Waals surface area contributed by atoms with Crippen LogP contribution in [0.5, 0.6) is 11.5 Å². The molecule has 35 heavy (non-hydrogen) atoms. The molecule has 1 aliphatic heterocycles. The van der Waals surface area contributed by atoms with Crippen molar-refractivity contribution >= 4 is 29.6 Å². The van der Waals surface area contributed by atoms with Crippen LogP contribution >= 0.6 is 11.6 Å². The van der Waals surface area contributed by atoms with E-state index in [0.29, 0.717) is 29.2 Å². The van der Waals surface area contributed by atoms with Crippen molar-refractivity contribution in [3.63, 3.8) is 0 Å². The Balaban J connectivity index is 1.57. The molecule has 176 valence electrons. The number of rotatable bonds is 8. The van der Waals surface area contributed by atoms with E-state index in [9.17, 15) is 14.9 Å². The van der Waals surface area contributed by atoms with E-state index in [1.807, 2.05) is 43.3 Å². The molecule has 0 spiro atoms. The highest BCUT2D eigenvalue weighted by Gasteiger charge is 2.33. The third-order valence-corrected chi connectivity index (χ3v) is 5.58. The van der Waals surface area contributed by atoms with Crippen LogP contribution in [0.25, 0.3) is 6.08 Å². The highest BCUT2D eigenvalue weighted by atomic mass is 35.5. The van der Waals surface area contributed by atoms with Crippen LogP contribution in [0.4, 0.5) is 4.79 Å². The first-order chi connectivity index (χ1) is 17.0. The first-order valence-corrected chi connectivity index (χ1v) is 11.3. The van der Waals surface area contributed by atoms with Gasteiger partial charge in [0.05, 0.1) is 29.8 Å². The van der Waals surface area contributed by atoms with Crippen molar-refractivity contribution in [1.82, 2.24) is 10.2 Å². The molecule has 3 amide bonds. The largest absolute Gasteiger partial charge is 0.490 e. The highest BCUT2D eigenvalue weighted by molar-refractivity contribution is 6.32. The van der Waals surface area contributed by atoms with Gasteiger partial charge in [0.2, 0.25) is 0 Å². The SMILES string of the molecule is CCOc1cc(/C=C2/NC(=O)N(Cc3ccccc3)C2=O)cc(Cl)c1OCc1ccccc1C#N. The van der Waals surface area contributed by atoms with Crippen LogP contribution < -0.4 is 14.8 Å². The maximum atomic E-state index is 12.9. The van der Waals surface area contributed by atoms with Crippen molar-refractivity contribution in [2.75, 3.05) is 6.61 Å². The van der Waals surface area contributed by atoms with Crippen LogP contribution in [-0.2, 0) is 17.9 Å². The first kappa shape index (κ1) is 23.9. The Morgan fingerprint density at radius 2 is 1.80 bits per heavy atom. The molecule has 4 rings (SSSR count). The Bertz CT molecular complexity index is 1330. The lowest BCUT2D eigenvalue weighted by Crippen LogP contribution is -2.30. The average molecular weight is 488 g/mol. The number of nitrogens with zero attached hydrogens (tertiary/aromatic N) is 2. The molecule has 1 N–H and O–H groups in total. The number of nitrogens with one attached hydrogen (secondary N) is 1. The molecule has 0 bridgehead atoms. The van der Waals surface area contributed by atoms with E-state index in [4.69, 9.17) is 21.1 Å². The van der Waals surface area contributed by atoms with Crippen LogP contribution in [-0.4, -0.2) is 23.4 Å². The number of ether oxygens (including phenoxy) is 2. The third kappa shape index (κ3) is 5.45. The Morgan fingerprint density at radius 1 is 1.06 bits per heavy atom. The number of urea groups is 1. The van der Waals surface area contributed by atoms with Gasteiger partial charge in [-0.3, -0.25) is 9.69 Å². The molecule has 1 saturated heterocycles. The van der Waals surface area contributed by atoms with E-state index >= 15 is 0 Å². The summed E-state index contributed by atoms with van der Waals surface area (Å²) in [5.41, 5.74) is 2.78. The van der Waals surface area contributed by atoms with E-state index < -0.39 is 11.9 Å². The predicted molar refractivity (Wildman–Crippen MR) is 132 cm³/mol. The minimum Gasteiger partial charge on any atom is -0.490 e. The van der Waals surface area contributed by atoms with Gasteiger partial charge < -0.3 is 14.8 Å². The summed E-state index contributed by atoms with van der Waals surface area (Å²) >= 11 is 6.51. The number of nitriles is 1. The second-order valence-corrected chi connectivity index (χ2v) is 8.09. The maximum absolute atomic E-state index is 12.9. The van der Waals surface area contributed by atoms with Crippen molar-refractivity contribution in [1.29, 1.82) is 5.26 Å². The highest BCUT2D eigenvalue weighted by Crippen LogP contribution is 2.38. The summed E-state index contributed by atoms with van der Waals surface area (Å²) < 4.78 is 11.7. The summed E-state index contributed by atoms with van der Waals surface area (Å²) in [6, 6.07) is 21.4. The monoisotopic (exact) mass is 487 g/mol. The summed E-state index contributed by atoms with van der Waals surface area (Å²) in [6.07, 6.45) is 1.55. The Labute approximate surface area is 208 Å². The normalized spacial score (nSPS) is 14.1. The van der Waals surface area contributed by atoms with Gasteiger partial charge in [-0.1, -0.05) is 60.1 Å². The van der Waals surface area contributed by atoms with E-state index in [1.165, 1.54) is 0 Å². The van der Waals surface area contributed by atoms with Gasteiger partial charge in [0.1, 0.15) is 12.3 Å². The lowest BCUT2D eigenvalue weighted by molar-refractivity contribution is -0.123. The van der Waals surface area contributed by atoms with Gasteiger partial charge in [-0.15, -0.1) is 0 Å². The molecule has 0 aromatic heterocycles.